The molecule has 0 bridgehead atoms. The monoisotopic (exact) mass is 343 g/mol. The van der Waals surface area contributed by atoms with E-state index < -0.39 is 5.60 Å². The molecule has 134 valence electrons. The van der Waals surface area contributed by atoms with Crippen molar-refractivity contribution >= 4 is 5.91 Å². The third kappa shape index (κ3) is 4.02. The summed E-state index contributed by atoms with van der Waals surface area (Å²) in [4.78, 5) is 18.6. The Labute approximate surface area is 148 Å². The second-order valence-corrected chi connectivity index (χ2v) is 6.66. The summed E-state index contributed by atoms with van der Waals surface area (Å²) >= 11 is 0. The van der Waals surface area contributed by atoms with Crippen molar-refractivity contribution in [3.63, 3.8) is 0 Å². The fourth-order valence-corrected chi connectivity index (χ4v) is 3.14. The quantitative estimate of drug-likeness (QED) is 0.807. The average Bonchev–Trinajstić information content (AvgIpc) is 3.21. The van der Waals surface area contributed by atoms with Gasteiger partial charge < -0.3 is 18.9 Å². The van der Waals surface area contributed by atoms with E-state index in [1.807, 2.05) is 53.8 Å². The summed E-state index contributed by atoms with van der Waals surface area (Å²) in [5, 5.41) is 0. The number of ether oxygens (including phenoxy) is 2. The van der Waals surface area contributed by atoms with Crippen LogP contribution >= 0.6 is 0 Å². The maximum atomic E-state index is 12.6. The molecule has 1 aromatic heterocycles. The van der Waals surface area contributed by atoms with E-state index in [1.54, 1.807) is 13.3 Å². The lowest BCUT2D eigenvalue weighted by Gasteiger charge is -2.28. The molecule has 1 aromatic carbocycles. The van der Waals surface area contributed by atoms with Crippen LogP contribution in [-0.4, -0.2) is 52.8 Å². The highest BCUT2D eigenvalue weighted by Crippen LogP contribution is 2.27. The number of benzene rings is 1. The van der Waals surface area contributed by atoms with E-state index in [0.29, 0.717) is 26.2 Å². The highest BCUT2D eigenvalue weighted by atomic mass is 16.5. The number of nitrogens with zero attached hydrogens (tertiary/aromatic N) is 3. The number of carbonyl (C=O) groups is 1. The van der Waals surface area contributed by atoms with Crippen LogP contribution in [0.3, 0.4) is 0 Å². The predicted octanol–water partition coefficient (Wildman–Crippen LogP) is 2.20. The zero-order chi connectivity index (χ0) is 17.9. The number of methoxy groups -OCH3 is 1. The van der Waals surface area contributed by atoms with E-state index in [9.17, 15) is 4.79 Å². The zero-order valence-electron chi connectivity index (χ0n) is 15.1. The van der Waals surface area contributed by atoms with Gasteiger partial charge in [-0.25, -0.2) is 4.98 Å². The Morgan fingerprint density at radius 1 is 1.36 bits per heavy atom. The molecule has 0 spiro atoms. The predicted molar refractivity (Wildman–Crippen MR) is 94.6 cm³/mol. The molecule has 0 unspecified atom stereocenters. The van der Waals surface area contributed by atoms with E-state index in [-0.39, 0.29) is 5.91 Å². The third-order valence-electron chi connectivity index (χ3n) is 4.82. The van der Waals surface area contributed by atoms with Crippen LogP contribution in [0, 0.1) is 13.8 Å². The van der Waals surface area contributed by atoms with Crippen molar-refractivity contribution < 1.29 is 14.3 Å². The fourth-order valence-electron chi connectivity index (χ4n) is 3.14. The smallest absolute Gasteiger partial charge is 0.242 e. The third-order valence-corrected chi connectivity index (χ3v) is 4.82. The van der Waals surface area contributed by atoms with Gasteiger partial charge in [0.05, 0.1) is 6.54 Å². The van der Waals surface area contributed by atoms with Gasteiger partial charge in [-0.1, -0.05) is 12.1 Å². The number of rotatable bonds is 6. The maximum Gasteiger partial charge on any atom is 0.242 e. The van der Waals surface area contributed by atoms with Crippen molar-refractivity contribution in [2.75, 3.05) is 26.8 Å². The Kier molecular flexibility index (Phi) is 5.08. The van der Waals surface area contributed by atoms with Crippen LogP contribution in [0.5, 0.6) is 5.75 Å². The zero-order valence-corrected chi connectivity index (χ0v) is 15.1. The van der Waals surface area contributed by atoms with Gasteiger partial charge in [0.15, 0.2) is 0 Å². The lowest BCUT2D eigenvalue weighted by atomic mass is 10.0. The van der Waals surface area contributed by atoms with E-state index >= 15 is 0 Å². The van der Waals surface area contributed by atoms with Gasteiger partial charge in [-0.15, -0.1) is 0 Å². The summed E-state index contributed by atoms with van der Waals surface area (Å²) in [7, 11) is 1.69. The van der Waals surface area contributed by atoms with Gasteiger partial charge in [-0.05, 0) is 38.0 Å². The molecular weight excluding hydrogens is 318 g/mol. The van der Waals surface area contributed by atoms with Crippen molar-refractivity contribution in [3.8, 4) is 5.75 Å². The minimum absolute atomic E-state index is 0.0792. The summed E-state index contributed by atoms with van der Waals surface area (Å²) in [5.41, 5.74) is 0.700. The van der Waals surface area contributed by atoms with E-state index in [4.69, 9.17) is 9.47 Å². The first-order valence-electron chi connectivity index (χ1n) is 8.51. The van der Waals surface area contributed by atoms with Gasteiger partial charge in [0.1, 0.15) is 30.3 Å². The molecule has 2 heterocycles. The highest BCUT2D eigenvalue weighted by Gasteiger charge is 2.41. The fraction of sp³-hybridized carbons (Fsp3) is 0.474. The van der Waals surface area contributed by atoms with Crippen molar-refractivity contribution in [3.05, 3.63) is 48.0 Å². The Morgan fingerprint density at radius 2 is 2.20 bits per heavy atom. The van der Waals surface area contributed by atoms with Crippen LogP contribution in [0.4, 0.5) is 0 Å². The van der Waals surface area contributed by atoms with Gasteiger partial charge in [0.2, 0.25) is 5.91 Å². The van der Waals surface area contributed by atoms with Crippen molar-refractivity contribution in [2.45, 2.75) is 32.4 Å². The molecule has 1 atom stereocenters. The van der Waals surface area contributed by atoms with E-state index in [0.717, 1.165) is 23.6 Å². The molecule has 0 saturated carbocycles. The van der Waals surface area contributed by atoms with Crippen LogP contribution in [-0.2, 0) is 16.1 Å². The molecule has 1 fully saturated rings. The molecule has 0 aliphatic carbocycles. The molecule has 0 radical (unpaired) electrons. The molecule has 3 rings (SSSR count). The summed E-state index contributed by atoms with van der Waals surface area (Å²) in [6.45, 7) is 5.89. The molecule has 1 aliphatic rings. The topological polar surface area (TPSA) is 56.6 Å². The Bertz CT molecular complexity index is 743. The normalized spacial score (nSPS) is 20.0. The van der Waals surface area contributed by atoms with E-state index in [1.165, 1.54) is 0 Å². The summed E-state index contributed by atoms with van der Waals surface area (Å²) in [5.74, 6) is 1.75. The molecule has 1 saturated heterocycles. The maximum absolute atomic E-state index is 12.6. The first-order valence-corrected chi connectivity index (χ1v) is 8.51. The molecule has 6 heteroatoms. The van der Waals surface area contributed by atoms with Crippen LogP contribution in [0.25, 0.3) is 0 Å². The Balaban J connectivity index is 1.60. The summed E-state index contributed by atoms with van der Waals surface area (Å²) in [6, 6.07) is 7.95. The molecule has 1 aliphatic heterocycles. The van der Waals surface area contributed by atoms with Crippen LogP contribution in [0.1, 0.15) is 17.8 Å². The number of carbonyl (C=O) groups excluding carboxylic acids is 1. The number of aromatic nitrogens is 2. The summed E-state index contributed by atoms with van der Waals surface area (Å²) < 4.78 is 13.6. The second kappa shape index (κ2) is 7.27. The molecule has 25 heavy (non-hydrogen) atoms. The number of aryl methyl sites for hydroxylation is 2. The first-order chi connectivity index (χ1) is 12.0. The Morgan fingerprint density at radius 3 is 2.88 bits per heavy atom. The van der Waals surface area contributed by atoms with Crippen LogP contribution in [0.15, 0.2) is 36.7 Å². The standard InChI is InChI=1S/C19H25N3O3/c1-15-5-4-6-17(11-15)25-14-19(24-3)7-9-22(13-19)18(23)12-21-10-8-20-16(21)2/h4-6,8,10-11H,7,9,12-14H2,1-3H3/t19-/m0/s1. The molecule has 6 nitrogen and oxygen atoms in total. The van der Waals surface area contributed by atoms with Crippen molar-refractivity contribution in [1.82, 2.24) is 14.5 Å². The van der Waals surface area contributed by atoms with Crippen LogP contribution < -0.4 is 4.74 Å². The minimum atomic E-state index is -0.455. The van der Waals surface area contributed by atoms with Gasteiger partial charge in [-0.2, -0.15) is 0 Å². The molecule has 1 amide bonds. The number of imidazole rings is 1. The number of likely N-dealkylation sites (tertiary alicyclic amines) is 1. The lowest BCUT2D eigenvalue weighted by Crippen LogP contribution is -2.43. The summed E-state index contributed by atoms with van der Waals surface area (Å²) in [6.07, 6.45) is 4.30. The van der Waals surface area contributed by atoms with E-state index in [2.05, 4.69) is 4.98 Å². The van der Waals surface area contributed by atoms with Gasteiger partial charge in [0.25, 0.3) is 0 Å². The average molecular weight is 343 g/mol. The number of hydrogen-bond acceptors (Lipinski definition) is 4. The lowest BCUT2D eigenvalue weighted by molar-refractivity contribution is -0.132. The largest absolute Gasteiger partial charge is 0.491 e. The van der Waals surface area contributed by atoms with Crippen molar-refractivity contribution in [1.29, 1.82) is 0 Å². The Hall–Kier alpha value is -2.34. The highest BCUT2D eigenvalue weighted by molar-refractivity contribution is 5.76. The van der Waals surface area contributed by atoms with Gasteiger partial charge in [-0.3, -0.25) is 4.79 Å². The van der Waals surface area contributed by atoms with Crippen molar-refractivity contribution in [2.24, 2.45) is 0 Å². The minimum Gasteiger partial charge on any atom is -0.491 e. The SMILES string of the molecule is CO[C@@]1(COc2cccc(C)c2)CCN(C(=O)Cn2ccnc2C)C1. The number of amides is 1. The van der Waals surface area contributed by atoms with Crippen LogP contribution in [0.2, 0.25) is 0 Å². The molecule has 0 N–H and O–H groups in total. The van der Waals surface area contributed by atoms with Gasteiger partial charge in [0, 0.05) is 26.0 Å². The first kappa shape index (κ1) is 17.5. The number of hydrogen-bond donors (Lipinski definition) is 0. The van der Waals surface area contributed by atoms with Gasteiger partial charge >= 0.3 is 0 Å². The molecular formula is C19H25N3O3. The second-order valence-electron chi connectivity index (χ2n) is 6.66. The molecule has 2 aromatic rings.